The van der Waals surface area contributed by atoms with Crippen molar-refractivity contribution in [1.82, 2.24) is 9.97 Å². The van der Waals surface area contributed by atoms with Crippen LogP contribution >= 0.6 is 24.2 Å². The molecule has 1 aromatic rings. The van der Waals surface area contributed by atoms with Crippen LogP contribution < -0.4 is 0 Å². The predicted octanol–water partition coefficient (Wildman–Crippen LogP) is 2.12. The van der Waals surface area contributed by atoms with Crippen LogP contribution in [0.15, 0.2) is 12.4 Å². The molecule has 0 bridgehead atoms. The van der Waals surface area contributed by atoms with Crippen molar-refractivity contribution in [1.29, 1.82) is 0 Å². The minimum atomic E-state index is 0.0669. The van der Waals surface area contributed by atoms with Crippen molar-refractivity contribution in [3.63, 3.8) is 0 Å². The van der Waals surface area contributed by atoms with Gasteiger partial charge in [0, 0.05) is 12.4 Å². The van der Waals surface area contributed by atoms with Crippen molar-refractivity contribution in [3.8, 4) is 0 Å². The van der Waals surface area contributed by atoms with Crippen LogP contribution in [0.2, 0.25) is 5.02 Å². The first-order valence-electron chi connectivity index (χ1n) is 2.85. The van der Waals surface area contributed by atoms with E-state index in [0.29, 0.717) is 10.8 Å². The summed E-state index contributed by atoms with van der Waals surface area (Å²) in [6.07, 6.45) is 3.13. The molecule has 0 fully saturated rings. The van der Waals surface area contributed by atoms with Gasteiger partial charge in [-0.15, -0.1) is 0 Å². The Morgan fingerprint density at radius 2 is 2.00 bits per heavy atom. The number of nitrogens with zero attached hydrogens (tertiary/aromatic N) is 2. The van der Waals surface area contributed by atoms with Gasteiger partial charge in [-0.05, 0) is 6.92 Å². The molecule has 54 valence electrons. The lowest BCUT2D eigenvalue weighted by atomic mass is 10.4. The summed E-state index contributed by atoms with van der Waals surface area (Å²) in [6.45, 7) is 1.91. The fraction of sp³-hybridized carbons (Fsp3) is 0.333. The Bertz CT molecular complexity index is 209. The van der Waals surface area contributed by atoms with E-state index in [1.54, 1.807) is 12.4 Å². The van der Waals surface area contributed by atoms with Crippen molar-refractivity contribution in [2.75, 3.05) is 0 Å². The quantitative estimate of drug-likeness (QED) is 0.660. The lowest BCUT2D eigenvalue weighted by molar-refractivity contribution is 0.925. The highest BCUT2D eigenvalue weighted by Gasteiger charge is 2.00. The Morgan fingerprint density at radius 3 is 2.40 bits per heavy atom. The summed E-state index contributed by atoms with van der Waals surface area (Å²) in [6, 6.07) is 0. The highest BCUT2D eigenvalue weighted by atomic mass is 35.5. The third-order valence-electron chi connectivity index (χ3n) is 1.01. The van der Waals surface area contributed by atoms with E-state index < -0.39 is 0 Å². The van der Waals surface area contributed by atoms with Crippen LogP contribution in [0.4, 0.5) is 0 Å². The third kappa shape index (κ3) is 1.85. The van der Waals surface area contributed by atoms with Gasteiger partial charge in [0.05, 0.1) is 10.3 Å². The smallest absolute Gasteiger partial charge is 0.140 e. The van der Waals surface area contributed by atoms with Crippen molar-refractivity contribution in [2.24, 2.45) is 0 Å². The largest absolute Gasteiger partial charge is 0.239 e. The van der Waals surface area contributed by atoms with E-state index in [2.05, 4.69) is 22.6 Å². The summed E-state index contributed by atoms with van der Waals surface area (Å²) in [5, 5.41) is 0.620. The molecule has 4 heteroatoms. The van der Waals surface area contributed by atoms with Gasteiger partial charge in [0.2, 0.25) is 0 Å². The van der Waals surface area contributed by atoms with Crippen LogP contribution in [-0.4, -0.2) is 9.97 Å². The van der Waals surface area contributed by atoms with E-state index in [-0.39, 0.29) is 5.25 Å². The molecule has 1 unspecified atom stereocenters. The van der Waals surface area contributed by atoms with E-state index >= 15 is 0 Å². The molecule has 2 nitrogen and oxygen atoms in total. The van der Waals surface area contributed by atoms with Crippen molar-refractivity contribution in [3.05, 3.63) is 23.2 Å². The normalized spacial score (nSPS) is 13.1. The second-order valence-electron chi connectivity index (χ2n) is 1.94. The van der Waals surface area contributed by atoms with Crippen LogP contribution in [0.25, 0.3) is 0 Å². The van der Waals surface area contributed by atoms with Gasteiger partial charge in [-0.1, -0.05) is 11.6 Å². The third-order valence-corrected chi connectivity index (χ3v) is 1.44. The topological polar surface area (TPSA) is 25.8 Å². The fourth-order valence-electron chi connectivity index (χ4n) is 0.538. The zero-order chi connectivity index (χ0) is 7.56. The summed E-state index contributed by atoms with van der Waals surface area (Å²) >= 11 is 9.72. The first-order valence-corrected chi connectivity index (χ1v) is 3.75. The van der Waals surface area contributed by atoms with Crippen molar-refractivity contribution in [2.45, 2.75) is 12.2 Å². The first-order chi connectivity index (χ1) is 4.70. The lowest BCUT2D eigenvalue weighted by Gasteiger charge is -1.99. The summed E-state index contributed by atoms with van der Waals surface area (Å²) in [5.41, 5.74) is 0. The van der Waals surface area contributed by atoms with Gasteiger partial charge < -0.3 is 0 Å². The van der Waals surface area contributed by atoms with Crippen LogP contribution in [0, 0.1) is 0 Å². The standard InChI is InChI=1S/C6H7ClN2S/c1-4(10)6-8-2-5(7)3-9-6/h2-4,10H,1H3. The van der Waals surface area contributed by atoms with Crippen LogP contribution in [0.1, 0.15) is 18.0 Å². The minimum Gasteiger partial charge on any atom is -0.239 e. The average Bonchev–Trinajstić information content (AvgIpc) is 1.88. The molecule has 0 aliphatic heterocycles. The Balaban J connectivity index is 2.89. The summed E-state index contributed by atoms with van der Waals surface area (Å²) < 4.78 is 0. The highest BCUT2D eigenvalue weighted by Crippen LogP contribution is 2.14. The maximum atomic E-state index is 5.57. The summed E-state index contributed by atoms with van der Waals surface area (Å²) in [5.74, 6) is 0.702. The minimum absolute atomic E-state index is 0.0669. The number of aromatic nitrogens is 2. The van der Waals surface area contributed by atoms with E-state index in [0.717, 1.165) is 0 Å². The molecule has 1 heterocycles. The van der Waals surface area contributed by atoms with Gasteiger partial charge >= 0.3 is 0 Å². The average molecular weight is 175 g/mol. The van der Waals surface area contributed by atoms with Crippen LogP contribution in [0.3, 0.4) is 0 Å². The predicted molar refractivity (Wildman–Crippen MR) is 44.4 cm³/mol. The SMILES string of the molecule is CC(S)c1ncc(Cl)cn1. The van der Waals surface area contributed by atoms with Gasteiger partial charge in [0.25, 0.3) is 0 Å². The zero-order valence-electron chi connectivity index (χ0n) is 5.45. The number of thiol groups is 1. The number of hydrogen-bond donors (Lipinski definition) is 1. The zero-order valence-corrected chi connectivity index (χ0v) is 7.10. The molecular weight excluding hydrogens is 168 g/mol. The van der Waals surface area contributed by atoms with Crippen LogP contribution in [0.5, 0.6) is 0 Å². The number of rotatable bonds is 1. The van der Waals surface area contributed by atoms with Gasteiger partial charge in [-0.3, -0.25) is 0 Å². The Labute approximate surface area is 70.1 Å². The molecule has 0 amide bonds. The molecular formula is C6H7ClN2S. The second kappa shape index (κ2) is 3.21. The van der Waals surface area contributed by atoms with Crippen LogP contribution in [-0.2, 0) is 0 Å². The number of hydrogen-bond acceptors (Lipinski definition) is 3. The molecule has 1 rings (SSSR count). The lowest BCUT2D eigenvalue weighted by Crippen LogP contribution is -1.92. The molecule has 0 saturated carbocycles. The van der Waals surface area contributed by atoms with Gasteiger partial charge in [0.15, 0.2) is 0 Å². The molecule has 1 atom stereocenters. The molecule has 10 heavy (non-hydrogen) atoms. The van der Waals surface area contributed by atoms with E-state index in [9.17, 15) is 0 Å². The molecule has 0 saturated heterocycles. The highest BCUT2D eigenvalue weighted by molar-refractivity contribution is 7.80. The fourth-order valence-corrected chi connectivity index (χ4v) is 0.769. The molecule has 0 spiro atoms. The van der Waals surface area contributed by atoms with Gasteiger partial charge in [-0.25, -0.2) is 9.97 Å². The Kier molecular flexibility index (Phi) is 2.51. The molecule has 0 radical (unpaired) electrons. The van der Waals surface area contributed by atoms with E-state index in [1.807, 2.05) is 6.92 Å². The molecule has 0 aliphatic rings. The maximum Gasteiger partial charge on any atom is 0.140 e. The van der Waals surface area contributed by atoms with Crippen molar-refractivity contribution < 1.29 is 0 Å². The second-order valence-corrected chi connectivity index (χ2v) is 3.15. The first kappa shape index (κ1) is 7.82. The summed E-state index contributed by atoms with van der Waals surface area (Å²) in [4.78, 5) is 7.92. The Hall–Kier alpha value is -0.280. The maximum absolute atomic E-state index is 5.57. The van der Waals surface area contributed by atoms with E-state index in [4.69, 9.17) is 11.6 Å². The monoisotopic (exact) mass is 174 g/mol. The Morgan fingerprint density at radius 1 is 1.50 bits per heavy atom. The van der Waals surface area contributed by atoms with Gasteiger partial charge in [0.1, 0.15) is 5.82 Å². The van der Waals surface area contributed by atoms with Crippen molar-refractivity contribution >= 4 is 24.2 Å². The molecule has 0 aromatic carbocycles. The molecule has 1 aromatic heterocycles. The summed E-state index contributed by atoms with van der Waals surface area (Å²) in [7, 11) is 0. The van der Waals surface area contributed by atoms with Gasteiger partial charge in [-0.2, -0.15) is 12.6 Å². The number of halogens is 1. The molecule has 0 aliphatic carbocycles. The molecule has 0 N–H and O–H groups in total. The van der Waals surface area contributed by atoms with E-state index in [1.165, 1.54) is 0 Å².